The lowest BCUT2D eigenvalue weighted by Crippen LogP contribution is -2.13. The number of allylic oxidation sites excluding steroid dienone is 6. The molecule has 0 radical (unpaired) electrons. The Balaban J connectivity index is 2.19. The van der Waals surface area contributed by atoms with Crippen LogP contribution in [-0.4, -0.2) is 23.3 Å². The van der Waals surface area contributed by atoms with Gasteiger partial charge in [0.15, 0.2) is 0 Å². The summed E-state index contributed by atoms with van der Waals surface area (Å²) in [5.41, 5.74) is 1.96. The molecule has 1 unspecified atom stereocenters. The summed E-state index contributed by atoms with van der Waals surface area (Å²) in [6.45, 7) is -0.149. The zero-order valence-corrected chi connectivity index (χ0v) is 7.68. The second kappa shape index (κ2) is 3.62. The molecule has 0 saturated carbocycles. The number of carbonyl (C=O) groups is 1. The van der Waals surface area contributed by atoms with Crippen molar-refractivity contribution in [1.29, 1.82) is 0 Å². The summed E-state index contributed by atoms with van der Waals surface area (Å²) in [6.07, 6.45) is 11.1. The molecule has 0 amide bonds. The molecule has 0 aliphatic heterocycles. The highest BCUT2D eigenvalue weighted by molar-refractivity contribution is 6.10. The summed E-state index contributed by atoms with van der Waals surface area (Å²) in [4.78, 5) is 14.4. The average Bonchev–Trinajstić information content (AvgIpc) is 2.62. The molecular formula is C11H11NO2. The van der Waals surface area contributed by atoms with Crippen LogP contribution in [-0.2, 0) is 4.79 Å². The lowest BCUT2D eigenvalue weighted by atomic mass is 9.90. The van der Waals surface area contributed by atoms with Gasteiger partial charge in [0.1, 0.15) is 6.54 Å². The van der Waals surface area contributed by atoms with Crippen LogP contribution in [0.25, 0.3) is 0 Å². The molecular weight excluding hydrogens is 178 g/mol. The minimum Gasteiger partial charge on any atom is -0.480 e. The van der Waals surface area contributed by atoms with Crippen LogP contribution in [0.5, 0.6) is 0 Å². The number of carboxylic acids is 1. The third kappa shape index (κ3) is 1.66. The van der Waals surface area contributed by atoms with Gasteiger partial charge >= 0.3 is 5.97 Å². The van der Waals surface area contributed by atoms with Gasteiger partial charge in [-0.15, -0.1) is 0 Å². The fourth-order valence-electron chi connectivity index (χ4n) is 1.72. The first kappa shape index (κ1) is 8.94. The molecule has 0 saturated heterocycles. The van der Waals surface area contributed by atoms with Gasteiger partial charge in [-0.25, -0.2) is 0 Å². The Bertz CT molecular complexity index is 375. The molecule has 3 heteroatoms. The highest BCUT2D eigenvalue weighted by Crippen LogP contribution is 2.28. The van der Waals surface area contributed by atoms with Crippen LogP contribution in [0.3, 0.4) is 0 Å². The van der Waals surface area contributed by atoms with Crippen molar-refractivity contribution in [3.05, 3.63) is 36.0 Å². The Morgan fingerprint density at radius 2 is 2.50 bits per heavy atom. The Labute approximate surface area is 82.2 Å². The van der Waals surface area contributed by atoms with E-state index in [-0.39, 0.29) is 6.54 Å². The van der Waals surface area contributed by atoms with Gasteiger partial charge < -0.3 is 5.11 Å². The van der Waals surface area contributed by atoms with Crippen LogP contribution >= 0.6 is 0 Å². The second-order valence-electron chi connectivity index (χ2n) is 3.35. The lowest BCUT2D eigenvalue weighted by molar-refractivity contribution is -0.135. The fraction of sp³-hybridized carbons (Fsp3) is 0.273. The van der Waals surface area contributed by atoms with Crippen molar-refractivity contribution >= 4 is 11.7 Å². The standard InChI is InChI=1S/C11H11NO2/c13-11(14)7-12-10-6-2-4-8-3-1-5-9(8)10/h1-3,5-6,8H,4,7H2,(H,13,14). The monoisotopic (exact) mass is 189 g/mol. The molecule has 1 atom stereocenters. The summed E-state index contributed by atoms with van der Waals surface area (Å²) in [5.74, 6) is -0.480. The fourth-order valence-corrected chi connectivity index (χ4v) is 1.72. The van der Waals surface area contributed by atoms with Crippen LogP contribution < -0.4 is 0 Å². The number of aliphatic carboxylic acids is 1. The molecule has 3 nitrogen and oxygen atoms in total. The van der Waals surface area contributed by atoms with E-state index in [9.17, 15) is 4.79 Å². The largest absolute Gasteiger partial charge is 0.480 e. The smallest absolute Gasteiger partial charge is 0.325 e. The van der Waals surface area contributed by atoms with Gasteiger partial charge in [-0.1, -0.05) is 24.3 Å². The summed E-state index contributed by atoms with van der Waals surface area (Å²) in [5, 5.41) is 8.52. The first-order valence-corrected chi connectivity index (χ1v) is 4.59. The molecule has 0 bridgehead atoms. The van der Waals surface area contributed by atoms with Crippen LogP contribution in [0.2, 0.25) is 0 Å². The third-order valence-corrected chi connectivity index (χ3v) is 2.36. The molecule has 0 spiro atoms. The Kier molecular flexibility index (Phi) is 2.31. The number of fused-ring (bicyclic) bond motifs is 1. The van der Waals surface area contributed by atoms with Crippen molar-refractivity contribution in [3.63, 3.8) is 0 Å². The predicted octanol–water partition coefficient (Wildman–Crippen LogP) is 1.58. The van der Waals surface area contributed by atoms with Gasteiger partial charge in [-0.2, -0.15) is 0 Å². The molecule has 2 rings (SSSR count). The predicted molar refractivity (Wildman–Crippen MR) is 54.4 cm³/mol. The maximum atomic E-state index is 10.4. The van der Waals surface area contributed by atoms with Crippen molar-refractivity contribution in [3.8, 4) is 0 Å². The first-order chi connectivity index (χ1) is 6.77. The SMILES string of the molecule is O=C(O)CN=C1C=CCC2C=CC=C12. The minimum absolute atomic E-state index is 0.149. The average molecular weight is 189 g/mol. The number of rotatable bonds is 2. The lowest BCUT2D eigenvalue weighted by Gasteiger charge is -2.16. The zero-order valence-electron chi connectivity index (χ0n) is 7.68. The quantitative estimate of drug-likeness (QED) is 0.717. The Hall–Kier alpha value is -1.64. The van der Waals surface area contributed by atoms with Gasteiger partial charge in [-0.3, -0.25) is 9.79 Å². The van der Waals surface area contributed by atoms with Crippen LogP contribution in [0.1, 0.15) is 6.42 Å². The van der Waals surface area contributed by atoms with E-state index in [1.807, 2.05) is 24.3 Å². The molecule has 0 fully saturated rings. The highest BCUT2D eigenvalue weighted by atomic mass is 16.4. The van der Waals surface area contributed by atoms with Crippen molar-refractivity contribution in [2.75, 3.05) is 6.54 Å². The zero-order chi connectivity index (χ0) is 9.97. The van der Waals surface area contributed by atoms with Crippen LogP contribution in [0.15, 0.2) is 40.9 Å². The molecule has 0 aromatic rings. The first-order valence-electron chi connectivity index (χ1n) is 4.59. The van der Waals surface area contributed by atoms with Crippen molar-refractivity contribution in [2.45, 2.75) is 6.42 Å². The molecule has 0 heterocycles. The molecule has 72 valence electrons. The van der Waals surface area contributed by atoms with Gasteiger partial charge in [0, 0.05) is 5.92 Å². The maximum absolute atomic E-state index is 10.4. The number of hydrogen-bond acceptors (Lipinski definition) is 2. The Morgan fingerprint density at radius 1 is 1.64 bits per heavy atom. The number of hydrogen-bond donors (Lipinski definition) is 1. The van der Waals surface area contributed by atoms with Crippen LogP contribution in [0.4, 0.5) is 0 Å². The third-order valence-electron chi connectivity index (χ3n) is 2.36. The van der Waals surface area contributed by atoms with Crippen molar-refractivity contribution in [2.24, 2.45) is 10.9 Å². The number of nitrogens with zero attached hydrogens (tertiary/aromatic N) is 1. The van der Waals surface area contributed by atoms with E-state index in [4.69, 9.17) is 5.11 Å². The summed E-state index contributed by atoms with van der Waals surface area (Å²) >= 11 is 0. The molecule has 2 aliphatic carbocycles. The van der Waals surface area contributed by atoms with Gasteiger partial charge in [-0.05, 0) is 18.1 Å². The molecule has 14 heavy (non-hydrogen) atoms. The van der Waals surface area contributed by atoms with Crippen LogP contribution in [0, 0.1) is 5.92 Å². The van der Waals surface area contributed by atoms with E-state index in [0.717, 1.165) is 17.7 Å². The van der Waals surface area contributed by atoms with Gasteiger partial charge in [0.25, 0.3) is 0 Å². The Morgan fingerprint density at radius 3 is 3.29 bits per heavy atom. The normalized spacial score (nSPS) is 26.4. The van der Waals surface area contributed by atoms with E-state index in [1.165, 1.54) is 0 Å². The highest BCUT2D eigenvalue weighted by Gasteiger charge is 2.20. The van der Waals surface area contributed by atoms with E-state index < -0.39 is 5.97 Å². The van der Waals surface area contributed by atoms with E-state index in [1.54, 1.807) is 0 Å². The summed E-state index contributed by atoms with van der Waals surface area (Å²) < 4.78 is 0. The molecule has 2 aliphatic rings. The van der Waals surface area contributed by atoms with Crippen molar-refractivity contribution in [1.82, 2.24) is 0 Å². The van der Waals surface area contributed by atoms with E-state index in [2.05, 4.69) is 11.1 Å². The number of aliphatic imine (C=N–C) groups is 1. The maximum Gasteiger partial charge on any atom is 0.325 e. The topological polar surface area (TPSA) is 49.7 Å². The minimum atomic E-state index is -0.889. The van der Waals surface area contributed by atoms with Gasteiger partial charge in [0.2, 0.25) is 0 Å². The second-order valence-corrected chi connectivity index (χ2v) is 3.35. The van der Waals surface area contributed by atoms with Crippen molar-refractivity contribution < 1.29 is 9.90 Å². The summed E-state index contributed by atoms with van der Waals surface area (Å²) in [7, 11) is 0. The molecule has 0 aromatic carbocycles. The summed E-state index contributed by atoms with van der Waals surface area (Å²) in [6, 6.07) is 0. The van der Waals surface area contributed by atoms with E-state index in [0.29, 0.717) is 5.92 Å². The molecule has 1 N–H and O–H groups in total. The molecule has 0 aromatic heterocycles. The number of carboxylic acid groups (broad SMARTS) is 1. The van der Waals surface area contributed by atoms with E-state index >= 15 is 0 Å². The van der Waals surface area contributed by atoms with Gasteiger partial charge in [0.05, 0.1) is 5.71 Å².